The Hall–Kier alpha value is -1.29. The molecule has 1 fully saturated rings. The van der Waals surface area contributed by atoms with Gasteiger partial charge in [0.15, 0.2) is 0 Å². The average molecular weight is 264 g/mol. The van der Waals surface area contributed by atoms with E-state index < -0.39 is 0 Å². The summed E-state index contributed by atoms with van der Waals surface area (Å²) in [6, 6.07) is 3.74. The third kappa shape index (κ3) is 3.83. The Kier molecular flexibility index (Phi) is 4.64. The Morgan fingerprint density at radius 3 is 3.11 bits per heavy atom. The van der Waals surface area contributed by atoms with Crippen LogP contribution in [0.3, 0.4) is 0 Å². The van der Waals surface area contributed by atoms with Crippen LogP contribution >= 0.6 is 0 Å². The maximum atomic E-state index is 12.1. The van der Waals surface area contributed by atoms with Gasteiger partial charge in [-0.15, -0.1) is 0 Å². The SMILES string of the molecule is CC1CCCC(CN)(NC(=O)CCc2ccco2)C1. The highest BCUT2D eigenvalue weighted by Gasteiger charge is 2.34. The number of amides is 1. The lowest BCUT2D eigenvalue weighted by Gasteiger charge is -2.40. The summed E-state index contributed by atoms with van der Waals surface area (Å²) in [4.78, 5) is 12.1. The van der Waals surface area contributed by atoms with Crippen LogP contribution in [0.2, 0.25) is 0 Å². The summed E-state index contributed by atoms with van der Waals surface area (Å²) >= 11 is 0. The number of hydrogen-bond donors (Lipinski definition) is 2. The number of carbonyl (C=O) groups is 1. The first-order chi connectivity index (χ1) is 9.13. The second-order valence-electron chi connectivity index (χ2n) is 5.81. The molecule has 1 saturated carbocycles. The molecular weight excluding hydrogens is 240 g/mol. The highest BCUT2D eigenvalue weighted by molar-refractivity contribution is 5.77. The van der Waals surface area contributed by atoms with Crippen LogP contribution in [-0.2, 0) is 11.2 Å². The second kappa shape index (κ2) is 6.24. The van der Waals surface area contributed by atoms with Crippen molar-refractivity contribution in [3.8, 4) is 0 Å². The maximum Gasteiger partial charge on any atom is 0.220 e. The van der Waals surface area contributed by atoms with Crippen molar-refractivity contribution in [1.29, 1.82) is 0 Å². The van der Waals surface area contributed by atoms with Crippen LogP contribution in [0.4, 0.5) is 0 Å². The molecule has 0 aromatic carbocycles. The van der Waals surface area contributed by atoms with Gasteiger partial charge in [-0.05, 0) is 30.9 Å². The van der Waals surface area contributed by atoms with E-state index in [-0.39, 0.29) is 11.4 Å². The zero-order valence-electron chi connectivity index (χ0n) is 11.7. The summed E-state index contributed by atoms with van der Waals surface area (Å²) in [6.07, 6.45) is 7.13. The molecule has 106 valence electrons. The van der Waals surface area contributed by atoms with Gasteiger partial charge in [0, 0.05) is 19.4 Å². The molecule has 1 amide bonds. The normalized spacial score (nSPS) is 27.2. The van der Waals surface area contributed by atoms with Gasteiger partial charge in [0.2, 0.25) is 5.91 Å². The van der Waals surface area contributed by atoms with E-state index in [1.165, 1.54) is 6.42 Å². The topological polar surface area (TPSA) is 68.3 Å². The van der Waals surface area contributed by atoms with E-state index in [1.54, 1.807) is 6.26 Å². The first-order valence-electron chi connectivity index (χ1n) is 7.17. The maximum absolute atomic E-state index is 12.1. The molecule has 4 heteroatoms. The predicted molar refractivity (Wildman–Crippen MR) is 74.6 cm³/mol. The van der Waals surface area contributed by atoms with Gasteiger partial charge in [0.05, 0.1) is 11.8 Å². The molecule has 1 aliphatic carbocycles. The van der Waals surface area contributed by atoms with Crippen molar-refractivity contribution < 1.29 is 9.21 Å². The lowest BCUT2D eigenvalue weighted by Crippen LogP contribution is -2.56. The molecule has 19 heavy (non-hydrogen) atoms. The summed E-state index contributed by atoms with van der Waals surface area (Å²) in [6.45, 7) is 2.77. The van der Waals surface area contributed by atoms with Crippen LogP contribution in [0.15, 0.2) is 22.8 Å². The highest BCUT2D eigenvalue weighted by atomic mass is 16.3. The second-order valence-corrected chi connectivity index (χ2v) is 5.81. The molecule has 0 saturated heterocycles. The third-order valence-electron chi connectivity index (χ3n) is 4.07. The summed E-state index contributed by atoms with van der Waals surface area (Å²) < 4.78 is 5.24. The predicted octanol–water partition coefficient (Wildman–Crippen LogP) is 2.24. The van der Waals surface area contributed by atoms with Crippen molar-refractivity contribution in [2.24, 2.45) is 11.7 Å². The lowest BCUT2D eigenvalue weighted by molar-refractivity contribution is -0.123. The van der Waals surface area contributed by atoms with Gasteiger partial charge in [0.25, 0.3) is 0 Å². The van der Waals surface area contributed by atoms with Crippen molar-refractivity contribution in [2.45, 2.75) is 51.0 Å². The number of hydrogen-bond acceptors (Lipinski definition) is 3. The van der Waals surface area contributed by atoms with E-state index in [4.69, 9.17) is 10.2 Å². The highest BCUT2D eigenvalue weighted by Crippen LogP contribution is 2.31. The Balaban J connectivity index is 1.85. The number of furan rings is 1. The fourth-order valence-electron chi connectivity index (χ4n) is 3.06. The quantitative estimate of drug-likeness (QED) is 0.857. The van der Waals surface area contributed by atoms with Crippen molar-refractivity contribution in [2.75, 3.05) is 6.54 Å². The van der Waals surface area contributed by atoms with Crippen molar-refractivity contribution in [1.82, 2.24) is 5.32 Å². The van der Waals surface area contributed by atoms with Crippen molar-refractivity contribution >= 4 is 5.91 Å². The molecule has 1 heterocycles. The van der Waals surface area contributed by atoms with Gasteiger partial charge < -0.3 is 15.5 Å². The van der Waals surface area contributed by atoms with E-state index in [2.05, 4.69) is 12.2 Å². The van der Waals surface area contributed by atoms with Crippen molar-refractivity contribution in [3.63, 3.8) is 0 Å². The number of rotatable bonds is 5. The van der Waals surface area contributed by atoms with Gasteiger partial charge in [-0.2, -0.15) is 0 Å². The molecule has 2 atom stereocenters. The molecule has 1 aliphatic rings. The van der Waals surface area contributed by atoms with E-state index in [0.29, 0.717) is 25.3 Å². The van der Waals surface area contributed by atoms with E-state index in [9.17, 15) is 4.79 Å². The standard InChI is InChI=1S/C15H24N2O2/c1-12-4-2-8-15(10-12,11-16)17-14(18)7-6-13-5-3-9-19-13/h3,5,9,12H,2,4,6-8,10-11,16H2,1H3,(H,17,18). The molecule has 0 bridgehead atoms. The molecule has 1 aromatic rings. The monoisotopic (exact) mass is 264 g/mol. The van der Waals surface area contributed by atoms with Gasteiger partial charge in [0.1, 0.15) is 5.76 Å². The zero-order chi connectivity index (χ0) is 13.7. The van der Waals surface area contributed by atoms with Gasteiger partial charge >= 0.3 is 0 Å². The molecule has 2 unspecified atom stereocenters. The minimum atomic E-state index is -0.183. The van der Waals surface area contributed by atoms with E-state index in [0.717, 1.165) is 25.0 Å². The molecule has 2 rings (SSSR count). The van der Waals surface area contributed by atoms with Gasteiger partial charge in [-0.25, -0.2) is 0 Å². The molecule has 0 radical (unpaired) electrons. The van der Waals surface area contributed by atoms with Crippen LogP contribution in [0.5, 0.6) is 0 Å². The Labute approximate surface area is 114 Å². The molecule has 1 aromatic heterocycles. The Morgan fingerprint density at radius 2 is 2.47 bits per heavy atom. The molecule has 0 spiro atoms. The van der Waals surface area contributed by atoms with Crippen LogP contribution in [0.1, 0.15) is 44.8 Å². The Bertz CT molecular complexity index is 402. The zero-order valence-corrected chi connectivity index (χ0v) is 11.7. The van der Waals surface area contributed by atoms with Gasteiger partial charge in [-0.3, -0.25) is 4.79 Å². The van der Waals surface area contributed by atoms with E-state index in [1.807, 2.05) is 12.1 Å². The van der Waals surface area contributed by atoms with Crippen molar-refractivity contribution in [3.05, 3.63) is 24.2 Å². The average Bonchev–Trinajstić information content (AvgIpc) is 2.89. The summed E-state index contributed by atoms with van der Waals surface area (Å²) in [5.74, 6) is 1.58. The fraction of sp³-hybridized carbons (Fsp3) is 0.667. The van der Waals surface area contributed by atoms with E-state index >= 15 is 0 Å². The minimum absolute atomic E-state index is 0.0796. The number of aryl methyl sites for hydroxylation is 1. The largest absolute Gasteiger partial charge is 0.469 e. The van der Waals surface area contributed by atoms with Gasteiger partial charge in [-0.1, -0.05) is 19.8 Å². The third-order valence-corrected chi connectivity index (χ3v) is 4.07. The molecular formula is C15H24N2O2. The smallest absolute Gasteiger partial charge is 0.220 e. The molecule has 0 aliphatic heterocycles. The molecule has 3 N–H and O–H groups in total. The summed E-state index contributed by atoms with van der Waals surface area (Å²) in [5.41, 5.74) is 5.72. The number of nitrogens with two attached hydrogens (primary N) is 1. The minimum Gasteiger partial charge on any atom is -0.469 e. The van der Waals surface area contributed by atoms with Crippen LogP contribution in [0.25, 0.3) is 0 Å². The van der Waals surface area contributed by atoms with Crippen LogP contribution in [-0.4, -0.2) is 18.0 Å². The first kappa shape index (κ1) is 14.1. The van der Waals surface area contributed by atoms with Crippen LogP contribution < -0.4 is 11.1 Å². The first-order valence-corrected chi connectivity index (χ1v) is 7.17. The number of carbonyl (C=O) groups excluding carboxylic acids is 1. The fourth-order valence-corrected chi connectivity index (χ4v) is 3.06. The molecule has 4 nitrogen and oxygen atoms in total. The lowest BCUT2D eigenvalue weighted by atomic mass is 9.76. The number of nitrogens with one attached hydrogen (secondary N) is 1. The van der Waals surface area contributed by atoms with Crippen LogP contribution in [0, 0.1) is 5.92 Å². The Morgan fingerprint density at radius 1 is 1.63 bits per heavy atom. The summed E-state index contributed by atoms with van der Waals surface area (Å²) in [7, 11) is 0. The summed E-state index contributed by atoms with van der Waals surface area (Å²) in [5, 5.41) is 3.17.